The number of benzene rings is 3. The molecule has 0 spiro atoms. The van der Waals surface area contributed by atoms with Crippen molar-refractivity contribution in [2.24, 2.45) is 0 Å². The van der Waals surface area contributed by atoms with Crippen molar-refractivity contribution >= 4 is 17.3 Å². The molecule has 0 N–H and O–H groups in total. The van der Waals surface area contributed by atoms with E-state index in [1.165, 1.54) is 0 Å². The van der Waals surface area contributed by atoms with Gasteiger partial charge in [-0.25, -0.2) is 0 Å². The highest BCUT2D eigenvalue weighted by Gasteiger charge is 2.21. The molecular formula is C30H30O6. The van der Waals surface area contributed by atoms with E-state index in [2.05, 4.69) is 0 Å². The summed E-state index contributed by atoms with van der Waals surface area (Å²) >= 11 is 0. The monoisotopic (exact) mass is 486 g/mol. The zero-order valence-corrected chi connectivity index (χ0v) is 20.9. The van der Waals surface area contributed by atoms with Crippen molar-refractivity contribution in [3.05, 3.63) is 88.0 Å². The van der Waals surface area contributed by atoms with Crippen LogP contribution in [0.25, 0.3) is 0 Å². The van der Waals surface area contributed by atoms with Crippen LogP contribution in [0.2, 0.25) is 0 Å². The maximum Gasteiger partial charge on any atom is 0.141 e. The summed E-state index contributed by atoms with van der Waals surface area (Å²) < 4.78 is 17.0. The number of hydrogen-bond donors (Lipinski definition) is 0. The summed E-state index contributed by atoms with van der Waals surface area (Å²) in [5, 5.41) is 0. The van der Waals surface area contributed by atoms with Gasteiger partial charge in [-0.1, -0.05) is 54.6 Å². The van der Waals surface area contributed by atoms with E-state index in [-0.39, 0.29) is 55.9 Å². The van der Waals surface area contributed by atoms with E-state index >= 15 is 0 Å². The van der Waals surface area contributed by atoms with E-state index in [0.717, 1.165) is 33.4 Å². The lowest BCUT2D eigenvalue weighted by atomic mass is 9.93. The summed E-state index contributed by atoms with van der Waals surface area (Å²) in [7, 11) is 4.66. The van der Waals surface area contributed by atoms with Gasteiger partial charge >= 0.3 is 0 Å². The van der Waals surface area contributed by atoms with Crippen molar-refractivity contribution in [3.8, 4) is 17.2 Å². The molecule has 6 bridgehead atoms. The third kappa shape index (κ3) is 5.48. The molecule has 0 saturated heterocycles. The predicted molar refractivity (Wildman–Crippen MR) is 136 cm³/mol. The van der Waals surface area contributed by atoms with Crippen molar-refractivity contribution in [2.45, 2.75) is 38.5 Å². The molecule has 4 rings (SSSR count). The molecule has 186 valence electrons. The lowest BCUT2D eigenvalue weighted by molar-refractivity contribution is -0.118. The molecule has 0 amide bonds. The van der Waals surface area contributed by atoms with Crippen LogP contribution in [0.1, 0.15) is 33.4 Å². The highest BCUT2D eigenvalue weighted by atomic mass is 16.5. The minimum Gasteiger partial charge on any atom is -0.496 e. The molecule has 0 fully saturated rings. The minimum atomic E-state index is -0.0145. The molecule has 0 aromatic heterocycles. The van der Waals surface area contributed by atoms with Crippen LogP contribution < -0.4 is 14.2 Å². The molecule has 3 aromatic rings. The second-order valence-electron chi connectivity index (χ2n) is 9.01. The van der Waals surface area contributed by atoms with Gasteiger partial charge in [-0.2, -0.15) is 0 Å². The number of carbonyl (C=O) groups excluding carboxylic acids is 3. The summed E-state index contributed by atoms with van der Waals surface area (Å²) in [5.41, 5.74) is 4.41. The highest BCUT2D eigenvalue weighted by molar-refractivity contribution is 5.88. The van der Waals surface area contributed by atoms with Gasteiger partial charge in [0, 0.05) is 71.9 Å². The summed E-state index contributed by atoms with van der Waals surface area (Å²) in [6, 6.07) is 16.6. The predicted octanol–water partition coefficient (Wildman–Crippen LogP) is 4.09. The third-order valence-electron chi connectivity index (χ3n) is 6.47. The van der Waals surface area contributed by atoms with Crippen LogP contribution in [0.5, 0.6) is 17.2 Å². The Morgan fingerprint density at radius 1 is 0.417 bits per heavy atom. The number of fused-ring (bicyclic) bond motifs is 6. The lowest BCUT2D eigenvalue weighted by Gasteiger charge is -2.17. The number of rotatable bonds is 3. The lowest BCUT2D eigenvalue weighted by Crippen LogP contribution is -2.14. The first kappa shape index (κ1) is 25.2. The third-order valence-corrected chi connectivity index (χ3v) is 6.47. The molecule has 36 heavy (non-hydrogen) atoms. The van der Waals surface area contributed by atoms with Crippen molar-refractivity contribution in [2.75, 3.05) is 21.3 Å². The van der Waals surface area contributed by atoms with Gasteiger partial charge in [0.1, 0.15) is 34.6 Å². The van der Waals surface area contributed by atoms with E-state index < -0.39 is 0 Å². The molecule has 6 nitrogen and oxygen atoms in total. The molecule has 0 saturated carbocycles. The molecule has 0 heterocycles. The summed E-state index contributed by atoms with van der Waals surface area (Å²) in [6.07, 6.45) is 0.961. The average molecular weight is 487 g/mol. The molecule has 0 radical (unpaired) electrons. The van der Waals surface area contributed by atoms with Gasteiger partial charge in [-0.3, -0.25) is 14.4 Å². The van der Waals surface area contributed by atoms with Crippen molar-refractivity contribution < 1.29 is 28.6 Å². The Balaban J connectivity index is 1.80. The SMILES string of the molecule is COc1c2cccc1CC(=O)Cc1cccc(c1OC)CC(=O)Cc1cccc(c1OC)CC(=O)C2. The number of para-hydroxylation sites is 3. The van der Waals surface area contributed by atoms with E-state index in [0.29, 0.717) is 17.2 Å². The van der Waals surface area contributed by atoms with Gasteiger partial charge in [0.15, 0.2) is 0 Å². The maximum atomic E-state index is 13.1. The largest absolute Gasteiger partial charge is 0.496 e. The topological polar surface area (TPSA) is 78.9 Å². The first-order valence-corrected chi connectivity index (χ1v) is 11.9. The van der Waals surface area contributed by atoms with Crippen LogP contribution >= 0.6 is 0 Å². The van der Waals surface area contributed by atoms with Crippen LogP contribution in [0.15, 0.2) is 54.6 Å². The second-order valence-corrected chi connectivity index (χ2v) is 9.01. The van der Waals surface area contributed by atoms with E-state index in [1.54, 1.807) is 21.3 Å². The second kappa shape index (κ2) is 11.2. The number of methoxy groups -OCH3 is 3. The Kier molecular flexibility index (Phi) is 7.84. The van der Waals surface area contributed by atoms with Crippen LogP contribution in [-0.4, -0.2) is 38.7 Å². The Morgan fingerprint density at radius 2 is 0.611 bits per heavy atom. The maximum absolute atomic E-state index is 13.1. The van der Waals surface area contributed by atoms with E-state index in [4.69, 9.17) is 14.2 Å². The quantitative estimate of drug-likeness (QED) is 0.555. The number of ether oxygens (including phenoxy) is 3. The molecule has 1 aliphatic rings. The number of hydrogen-bond acceptors (Lipinski definition) is 6. The van der Waals surface area contributed by atoms with Crippen LogP contribution in [0.4, 0.5) is 0 Å². The van der Waals surface area contributed by atoms with E-state index in [9.17, 15) is 14.4 Å². The standard InChI is InChI=1S/C30H30O6/c1-34-28-19-7-4-8-20(28)14-26(32)16-22-10-6-12-24(30(22)36-3)18-27(33)17-23-11-5-9-21(29(23)35-2)15-25(31)13-19/h4-12H,13-18H2,1-3H3. The first-order valence-electron chi connectivity index (χ1n) is 11.9. The molecule has 0 unspecified atom stereocenters. The Bertz CT molecular complexity index is 1070. The van der Waals surface area contributed by atoms with Crippen LogP contribution in [-0.2, 0) is 52.9 Å². The zero-order chi connectivity index (χ0) is 25.7. The number of carbonyl (C=O) groups is 3. The van der Waals surface area contributed by atoms with Crippen molar-refractivity contribution in [3.63, 3.8) is 0 Å². The van der Waals surface area contributed by atoms with Gasteiger partial charge in [0.05, 0.1) is 21.3 Å². The van der Waals surface area contributed by atoms with E-state index in [1.807, 2.05) is 54.6 Å². The normalized spacial score (nSPS) is 14.6. The van der Waals surface area contributed by atoms with Gasteiger partial charge in [0.2, 0.25) is 0 Å². The van der Waals surface area contributed by atoms with Gasteiger partial charge in [-0.05, 0) is 0 Å². The first-order chi connectivity index (χ1) is 17.4. The Hall–Kier alpha value is -3.93. The van der Waals surface area contributed by atoms with Crippen molar-refractivity contribution in [1.82, 2.24) is 0 Å². The summed E-state index contributed by atoms with van der Waals surface area (Å²) in [5.74, 6) is 1.64. The molecule has 6 heteroatoms. The van der Waals surface area contributed by atoms with Crippen LogP contribution in [0.3, 0.4) is 0 Å². The van der Waals surface area contributed by atoms with Crippen LogP contribution in [0, 0.1) is 0 Å². The summed E-state index contributed by atoms with van der Waals surface area (Å²) in [4.78, 5) is 39.2. The smallest absolute Gasteiger partial charge is 0.141 e. The highest BCUT2D eigenvalue weighted by Crippen LogP contribution is 2.31. The molecule has 0 aliphatic heterocycles. The number of ketones is 3. The Morgan fingerprint density at radius 3 is 0.778 bits per heavy atom. The summed E-state index contributed by atoms with van der Waals surface area (Å²) in [6.45, 7) is 0. The fourth-order valence-electron chi connectivity index (χ4n) is 5.00. The molecule has 1 aliphatic carbocycles. The fourth-order valence-corrected chi connectivity index (χ4v) is 5.00. The fraction of sp³-hybridized carbons (Fsp3) is 0.300. The number of Topliss-reactive ketones (excluding diaryl/α,β-unsaturated/α-hetero) is 3. The minimum absolute atomic E-state index is 0.0145. The van der Waals surface area contributed by atoms with Gasteiger partial charge in [-0.15, -0.1) is 0 Å². The molecular weight excluding hydrogens is 456 g/mol. The average Bonchev–Trinajstić information content (AvgIpc) is 2.84. The molecule has 0 atom stereocenters. The Labute approximate surface area is 211 Å². The van der Waals surface area contributed by atoms with Gasteiger partial charge in [0.25, 0.3) is 0 Å². The van der Waals surface area contributed by atoms with Gasteiger partial charge < -0.3 is 14.2 Å². The zero-order valence-electron chi connectivity index (χ0n) is 20.9. The van der Waals surface area contributed by atoms with Crippen molar-refractivity contribution in [1.29, 1.82) is 0 Å². The molecule has 3 aromatic carbocycles.